The number of imidazole rings is 1. The summed E-state index contributed by atoms with van der Waals surface area (Å²) in [7, 11) is 0. The van der Waals surface area contributed by atoms with Crippen molar-refractivity contribution in [2.45, 2.75) is 38.4 Å². The van der Waals surface area contributed by atoms with Gasteiger partial charge in [-0.05, 0) is 12.8 Å². The summed E-state index contributed by atoms with van der Waals surface area (Å²) in [6.45, 7) is 1.11. The van der Waals surface area contributed by atoms with E-state index in [4.69, 9.17) is 0 Å². The number of carbonyl (C=O) groups excluding carboxylic acids is 1. The summed E-state index contributed by atoms with van der Waals surface area (Å²) >= 11 is 0. The summed E-state index contributed by atoms with van der Waals surface area (Å²) in [5, 5.41) is 11.2. The van der Waals surface area contributed by atoms with Crippen LogP contribution in [-0.4, -0.2) is 36.3 Å². The van der Waals surface area contributed by atoms with Crippen LogP contribution in [-0.2, 0) is 24.3 Å². The summed E-state index contributed by atoms with van der Waals surface area (Å²) in [6, 6.07) is 10.1. The minimum Gasteiger partial charge on any atom is -0.352 e. The molecule has 0 aliphatic carbocycles. The fourth-order valence-electron chi connectivity index (χ4n) is 3.26. The van der Waals surface area contributed by atoms with Gasteiger partial charge in [-0.1, -0.05) is 30.3 Å². The molecule has 2 aromatic heterocycles. The molecule has 0 fully saturated rings. The second-order valence-corrected chi connectivity index (χ2v) is 6.28. The Kier molecular flexibility index (Phi) is 4.28. The van der Waals surface area contributed by atoms with Gasteiger partial charge >= 0.3 is 0 Å². The van der Waals surface area contributed by atoms with Gasteiger partial charge in [0.1, 0.15) is 24.5 Å². The van der Waals surface area contributed by atoms with Crippen LogP contribution in [0, 0.1) is 0 Å². The number of hydrogen-bond acceptors (Lipinski definition) is 4. The van der Waals surface area contributed by atoms with Gasteiger partial charge in [0.25, 0.3) is 0 Å². The molecular weight excluding hydrogens is 316 g/mol. The van der Waals surface area contributed by atoms with Gasteiger partial charge in [-0.3, -0.25) is 4.79 Å². The molecule has 1 aliphatic rings. The molecule has 4 rings (SSSR count). The van der Waals surface area contributed by atoms with Crippen molar-refractivity contribution in [1.29, 1.82) is 0 Å². The summed E-state index contributed by atoms with van der Waals surface area (Å²) in [4.78, 5) is 16.9. The van der Waals surface area contributed by atoms with E-state index in [1.807, 2.05) is 41.1 Å². The first-order valence-corrected chi connectivity index (χ1v) is 8.52. The number of nitrogens with one attached hydrogen (secondary N) is 1. The second-order valence-electron chi connectivity index (χ2n) is 6.28. The number of carbonyl (C=O) groups is 1. The monoisotopic (exact) mass is 336 g/mol. The van der Waals surface area contributed by atoms with Crippen molar-refractivity contribution >= 4 is 5.91 Å². The number of rotatable bonds is 4. The number of hydrogen-bond donors (Lipinski definition) is 1. The molecule has 1 amide bonds. The molecule has 1 N–H and O–H groups in total. The van der Waals surface area contributed by atoms with E-state index in [1.165, 1.54) is 0 Å². The number of aromatic nitrogens is 5. The number of amides is 1. The second kappa shape index (κ2) is 6.88. The molecule has 1 atom stereocenters. The maximum Gasteiger partial charge on any atom is 0.240 e. The zero-order chi connectivity index (χ0) is 17.1. The van der Waals surface area contributed by atoms with E-state index in [2.05, 4.69) is 25.1 Å². The van der Waals surface area contributed by atoms with E-state index in [1.54, 1.807) is 12.5 Å². The summed E-state index contributed by atoms with van der Waals surface area (Å²) in [5.74, 6) is 1.82. The normalized spacial score (nSPS) is 16.9. The van der Waals surface area contributed by atoms with Crippen molar-refractivity contribution in [3.05, 3.63) is 54.9 Å². The van der Waals surface area contributed by atoms with Crippen LogP contribution in [0.3, 0.4) is 0 Å². The maximum atomic E-state index is 12.5. The molecule has 128 valence electrons. The lowest BCUT2D eigenvalue weighted by molar-refractivity contribution is -0.122. The smallest absolute Gasteiger partial charge is 0.240 e. The third-order valence-electron chi connectivity index (χ3n) is 4.56. The summed E-state index contributed by atoms with van der Waals surface area (Å²) in [6.07, 6.45) is 7.96. The molecule has 0 spiro atoms. The molecule has 0 saturated heterocycles. The number of aryl methyl sites for hydroxylation is 2. The Morgan fingerprint density at radius 1 is 1.24 bits per heavy atom. The van der Waals surface area contributed by atoms with Gasteiger partial charge in [0, 0.05) is 37.0 Å². The highest BCUT2D eigenvalue weighted by molar-refractivity contribution is 5.76. The van der Waals surface area contributed by atoms with E-state index in [-0.39, 0.29) is 18.5 Å². The standard InChI is InChI=1S/C18H20N6O/c25-17(21-15-6-7-16-22-20-13-24(16)10-8-15)12-23-11-9-19-18(23)14-4-2-1-3-5-14/h1-5,9,11,13,15H,6-8,10,12H2,(H,21,25). The highest BCUT2D eigenvalue weighted by Crippen LogP contribution is 2.17. The Hall–Kier alpha value is -2.96. The fraction of sp³-hybridized carbons (Fsp3) is 0.333. The Morgan fingerprint density at radius 3 is 3.00 bits per heavy atom. The maximum absolute atomic E-state index is 12.5. The average molecular weight is 336 g/mol. The largest absolute Gasteiger partial charge is 0.352 e. The molecular formula is C18H20N6O. The highest BCUT2D eigenvalue weighted by Gasteiger charge is 2.19. The Balaban J connectivity index is 1.39. The van der Waals surface area contributed by atoms with Gasteiger partial charge in [0.2, 0.25) is 5.91 Å². The zero-order valence-electron chi connectivity index (χ0n) is 13.9. The first-order chi connectivity index (χ1) is 12.3. The van der Waals surface area contributed by atoms with Crippen molar-refractivity contribution in [2.75, 3.05) is 0 Å². The summed E-state index contributed by atoms with van der Waals surface area (Å²) in [5.41, 5.74) is 1.01. The van der Waals surface area contributed by atoms with E-state index in [0.29, 0.717) is 0 Å². The lowest BCUT2D eigenvalue weighted by Crippen LogP contribution is -2.37. The van der Waals surface area contributed by atoms with E-state index in [0.717, 1.165) is 43.0 Å². The van der Waals surface area contributed by atoms with Gasteiger partial charge in [0.05, 0.1) is 0 Å². The zero-order valence-corrected chi connectivity index (χ0v) is 13.9. The molecule has 0 radical (unpaired) electrons. The van der Waals surface area contributed by atoms with Crippen LogP contribution in [0.5, 0.6) is 0 Å². The topological polar surface area (TPSA) is 77.6 Å². The molecule has 1 aliphatic heterocycles. The van der Waals surface area contributed by atoms with Gasteiger partial charge in [-0.15, -0.1) is 10.2 Å². The molecule has 7 nitrogen and oxygen atoms in total. The average Bonchev–Trinajstić information content (AvgIpc) is 3.23. The molecule has 25 heavy (non-hydrogen) atoms. The molecule has 3 heterocycles. The van der Waals surface area contributed by atoms with Gasteiger partial charge in [0.15, 0.2) is 0 Å². The Labute approximate surface area is 145 Å². The summed E-state index contributed by atoms with van der Waals surface area (Å²) < 4.78 is 3.95. The fourth-order valence-corrected chi connectivity index (χ4v) is 3.26. The quantitative estimate of drug-likeness (QED) is 0.786. The molecule has 3 aromatic rings. The number of benzene rings is 1. The van der Waals surface area contributed by atoms with Crippen LogP contribution in [0.2, 0.25) is 0 Å². The lowest BCUT2D eigenvalue weighted by atomic mass is 10.1. The highest BCUT2D eigenvalue weighted by atomic mass is 16.2. The minimum atomic E-state index is 0.0119. The predicted molar refractivity (Wildman–Crippen MR) is 92.6 cm³/mol. The van der Waals surface area contributed by atoms with Crippen LogP contribution in [0.25, 0.3) is 11.4 Å². The third kappa shape index (κ3) is 3.45. The number of nitrogens with zero attached hydrogens (tertiary/aromatic N) is 5. The van der Waals surface area contributed by atoms with E-state index >= 15 is 0 Å². The van der Waals surface area contributed by atoms with Gasteiger partial charge in [-0.2, -0.15) is 0 Å². The van der Waals surface area contributed by atoms with Crippen LogP contribution >= 0.6 is 0 Å². The third-order valence-corrected chi connectivity index (χ3v) is 4.56. The molecule has 7 heteroatoms. The lowest BCUT2D eigenvalue weighted by Gasteiger charge is -2.17. The van der Waals surface area contributed by atoms with Crippen LogP contribution in [0.4, 0.5) is 0 Å². The number of fused-ring (bicyclic) bond motifs is 1. The van der Waals surface area contributed by atoms with Crippen molar-refractivity contribution in [2.24, 2.45) is 0 Å². The van der Waals surface area contributed by atoms with Crippen LogP contribution in [0.15, 0.2) is 49.1 Å². The Bertz CT molecular complexity index is 831. The van der Waals surface area contributed by atoms with Gasteiger partial charge in [-0.25, -0.2) is 4.98 Å². The first kappa shape index (κ1) is 15.6. The first-order valence-electron chi connectivity index (χ1n) is 8.52. The van der Waals surface area contributed by atoms with Gasteiger partial charge < -0.3 is 14.5 Å². The van der Waals surface area contributed by atoms with Crippen molar-refractivity contribution < 1.29 is 4.79 Å². The molecule has 1 aromatic carbocycles. The molecule has 0 saturated carbocycles. The van der Waals surface area contributed by atoms with E-state index in [9.17, 15) is 4.79 Å². The van der Waals surface area contributed by atoms with Crippen molar-refractivity contribution in [3.8, 4) is 11.4 Å². The Morgan fingerprint density at radius 2 is 2.12 bits per heavy atom. The van der Waals surface area contributed by atoms with Crippen molar-refractivity contribution in [1.82, 2.24) is 29.6 Å². The molecule has 0 bridgehead atoms. The molecule has 1 unspecified atom stereocenters. The van der Waals surface area contributed by atoms with Crippen LogP contribution in [0.1, 0.15) is 18.7 Å². The minimum absolute atomic E-state index is 0.0119. The van der Waals surface area contributed by atoms with Crippen molar-refractivity contribution in [3.63, 3.8) is 0 Å². The van der Waals surface area contributed by atoms with E-state index < -0.39 is 0 Å². The predicted octanol–water partition coefficient (Wildman–Crippen LogP) is 1.66. The van der Waals surface area contributed by atoms with Crippen LogP contribution < -0.4 is 5.32 Å². The SMILES string of the molecule is O=C(Cn1ccnc1-c1ccccc1)NC1CCc2nncn2CC1.